The van der Waals surface area contributed by atoms with Crippen LogP contribution in [0, 0.1) is 6.92 Å². The van der Waals surface area contributed by atoms with Crippen LogP contribution in [0.1, 0.15) is 16.1 Å². The van der Waals surface area contributed by atoms with Crippen LogP contribution in [0.5, 0.6) is 0 Å². The van der Waals surface area contributed by atoms with E-state index >= 15 is 0 Å². The minimum absolute atomic E-state index is 0.377. The number of nitrogens with zero attached hydrogens (tertiary/aromatic N) is 2. The molecular formula is C6H7N3O. The lowest BCUT2D eigenvalue weighted by atomic mass is 10.2. The van der Waals surface area contributed by atoms with Crippen LogP contribution in [0.15, 0.2) is 12.5 Å². The van der Waals surface area contributed by atoms with Crippen molar-refractivity contribution >= 4 is 5.91 Å². The molecule has 0 fully saturated rings. The highest BCUT2D eigenvalue weighted by Crippen LogP contribution is 1.98. The molecule has 10 heavy (non-hydrogen) atoms. The van der Waals surface area contributed by atoms with Crippen LogP contribution in [-0.4, -0.2) is 15.9 Å². The number of nitrogens with two attached hydrogens (primary N) is 1. The average Bonchev–Trinajstić information content (AvgIpc) is 1.88. The molecule has 0 saturated carbocycles. The number of aryl methyl sites for hydroxylation is 1. The number of amides is 1. The van der Waals surface area contributed by atoms with Crippen molar-refractivity contribution in [2.24, 2.45) is 5.73 Å². The summed E-state index contributed by atoms with van der Waals surface area (Å²) in [5, 5.41) is 0. The zero-order valence-electron chi connectivity index (χ0n) is 5.53. The Labute approximate surface area is 58.1 Å². The second-order valence-corrected chi connectivity index (χ2v) is 1.89. The molecule has 1 aromatic rings. The van der Waals surface area contributed by atoms with E-state index < -0.39 is 5.91 Å². The fourth-order valence-electron chi connectivity index (χ4n) is 0.633. The third-order valence-electron chi connectivity index (χ3n) is 1.18. The summed E-state index contributed by atoms with van der Waals surface area (Å²) in [4.78, 5) is 18.0. The molecule has 0 saturated heterocycles. The molecule has 0 bridgehead atoms. The fraction of sp³-hybridized carbons (Fsp3) is 0.167. The molecule has 4 nitrogen and oxygen atoms in total. The fourth-order valence-corrected chi connectivity index (χ4v) is 0.633. The Morgan fingerprint density at radius 2 is 2.40 bits per heavy atom. The minimum atomic E-state index is -0.488. The summed E-state index contributed by atoms with van der Waals surface area (Å²) in [5.41, 5.74) is 5.99. The van der Waals surface area contributed by atoms with Gasteiger partial charge in [-0.2, -0.15) is 0 Å². The molecule has 0 aliphatic carbocycles. The molecule has 1 rings (SSSR count). The Kier molecular flexibility index (Phi) is 1.62. The SMILES string of the molecule is Cc1ncncc1C(N)=O. The molecule has 0 atom stereocenters. The van der Waals surface area contributed by atoms with E-state index in [1.54, 1.807) is 6.92 Å². The molecule has 1 amide bonds. The van der Waals surface area contributed by atoms with E-state index in [-0.39, 0.29) is 0 Å². The Hall–Kier alpha value is -1.45. The van der Waals surface area contributed by atoms with Crippen LogP contribution >= 0.6 is 0 Å². The first-order chi connectivity index (χ1) is 4.72. The van der Waals surface area contributed by atoms with Crippen molar-refractivity contribution < 1.29 is 4.79 Å². The zero-order chi connectivity index (χ0) is 7.56. The lowest BCUT2D eigenvalue weighted by molar-refractivity contribution is 0.0999. The number of carbonyl (C=O) groups is 1. The molecule has 0 aliphatic heterocycles. The van der Waals surface area contributed by atoms with E-state index in [1.165, 1.54) is 12.5 Å². The van der Waals surface area contributed by atoms with Crippen LogP contribution in [0.2, 0.25) is 0 Å². The van der Waals surface area contributed by atoms with E-state index in [9.17, 15) is 4.79 Å². The van der Waals surface area contributed by atoms with Crippen LogP contribution in [0.25, 0.3) is 0 Å². The molecule has 0 aliphatic rings. The molecule has 4 heteroatoms. The van der Waals surface area contributed by atoms with Gasteiger partial charge in [0.25, 0.3) is 5.91 Å². The summed E-state index contributed by atoms with van der Waals surface area (Å²) < 4.78 is 0. The van der Waals surface area contributed by atoms with Crippen LogP contribution in [-0.2, 0) is 0 Å². The minimum Gasteiger partial charge on any atom is -0.365 e. The standard InChI is InChI=1S/C6H7N3O/c1-4-5(6(7)10)2-8-3-9-4/h2-3H,1H3,(H2,7,10). The second-order valence-electron chi connectivity index (χ2n) is 1.89. The van der Waals surface area contributed by atoms with E-state index in [1.807, 2.05) is 0 Å². The maximum Gasteiger partial charge on any atom is 0.252 e. The van der Waals surface area contributed by atoms with Crippen LogP contribution in [0.3, 0.4) is 0 Å². The lowest BCUT2D eigenvalue weighted by Crippen LogP contribution is -2.13. The van der Waals surface area contributed by atoms with E-state index in [2.05, 4.69) is 9.97 Å². The van der Waals surface area contributed by atoms with Gasteiger partial charge < -0.3 is 5.73 Å². The molecule has 0 radical (unpaired) electrons. The average molecular weight is 137 g/mol. The van der Waals surface area contributed by atoms with E-state index in [4.69, 9.17) is 5.73 Å². The summed E-state index contributed by atoms with van der Waals surface area (Å²) in [6.07, 6.45) is 2.78. The number of hydrogen-bond donors (Lipinski definition) is 1. The molecule has 0 unspecified atom stereocenters. The molecule has 1 aromatic heterocycles. The maximum atomic E-state index is 10.6. The molecule has 0 aromatic carbocycles. The number of hydrogen-bond acceptors (Lipinski definition) is 3. The van der Waals surface area contributed by atoms with Crippen LogP contribution in [0.4, 0.5) is 0 Å². The predicted octanol–water partition coefficient (Wildman–Crippen LogP) is -0.116. The maximum absolute atomic E-state index is 10.6. The van der Waals surface area contributed by atoms with Crippen molar-refractivity contribution in [3.8, 4) is 0 Å². The highest BCUT2D eigenvalue weighted by Gasteiger charge is 2.03. The first-order valence-corrected chi connectivity index (χ1v) is 2.78. The number of aromatic nitrogens is 2. The van der Waals surface area contributed by atoms with Crippen molar-refractivity contribution in [2.75, 3.05) is 0 Å². The highest BCUT2D eigenvalue weighted by molar-refractivity contribution is 5.93. The zero-order valence-corrected chi connectivity index (χ0v) is 5.53. The van der Waals surface area contributed by atoms with Gasteiger partial charge >= 0.3 is 0 Å². The Morgan fingerprint density at radius 1 is 1.70 bits per heavy atom. The predicted molar refractivity (Wildman–Crippen MR) is 35.3 cm³/mol. The third kappa shape index (κ3) is 1.10. The van der Waals surface area contributed by atoms with Crippen molar-refractivity contribution in [2.45, 2.75) is 6.92 Å². The Morgan fingerprint density at radius 3 is 2.80 bits per heavy atom. The lowest BCUT2D eigenvalue weighted by Gasteiger charge is -1.95. The third-order valence-corrected chi connectivity index (χ3v) is 1.18. The first kappa shape index (κ1) is 6.67. The molecule has 0 spiro atoms. The van der Waals surface area contributed by atoms with Crippen molar-refractivity contribution in [1.29, 1.82) is 0 Å². The number of primary amides is 1. The van der Waals surface area contributed by atoms with Gasteiger partial charge in [0.05, 0.1) is 11.3 Å². The topological polar surface area (TPSA) is 68.9 Å². The van der Waals surface area contributed by atoms with Gasteiger partial charge in [-0.05, 0) is 6.92 Å². The summed E-state index contributed by atoms with van der Waals surface area (Å²) in [7, 11) is 0. The van der Waals surface area contributed by atoms with Gasteiger partial charge in [-0.15, -0.1) is 0 Å². The Bertz CT molecular complexity index is 259. The van der Waals surface area contributed by atoms with Crippen molar-refractivity contribution in [3.63, 3.8) is 0 Å². The monoisotopic (exact) mass is 137 g/mol. The second kappa shape index (κ2) is 2.43. The van der Waals surface area contributed by atoms with Gasteiger partial charge in [0.1, 0.15) is 6.33 Å². The summed E-state index contributed by atoms with van der Waals surface area (Å²) >= 11 is 0. The van der Waals surface area contributed by atoms with E-state index in [0.717, 1.165) is 0 Å². The van der Waals surface area contributed by atoms with Crippen LogP contribution < -0.4 is 5.73 Å². The van der Waals surface area contributed by atoms with Gasteiger partial charge in [0.2, 0.25) is 0 Å². The van der Waals surface area contributed by atoms with Crippen molar-refractivity contribution in [1.82, 2.24) is 9.97 Å². The number of carbonyl (C=O) groups excluding carboxylic acids is 1. The Balaban J connectivity index is 3.15. The largest absolute Gasteiger partial charge is 0.365 e. The molecule has 1 heterocycles. The molecule has 2 N–H and O–H groups in total. The van der Waals surface area contributed by atoms with Gasteiger partial charge in [0, 0.05) is 6.20 Å². The summed E-state index contributed by atoms with van der Waals surface area (Å²) in [5.74, 6) is -0.488. The molecular weight excluding hydrogens is 130 g/mol. The quantitative estimate of drug-likeness (QED) is 0.586. The molecule has 52 valence electrons. The summed E-state index contributed by atoms with van der Waals surface area (Å²) in [6.45, 7) is 1.71. The van der Waals surface area contributed by atoms with Gasteiger partial charge in [0.15, 0.2) is 0 Å². The van der Waals surface area contributed by atoms with Gasteiger partial charge in [-0.1, -0.05) is 0 Å². The first-order valence-electron chi connectivity index (χ1n) is 2.78. The highest BCUT2D eigenvalue weighted by atomic mass is 16.1. The van der Waals surface area contributed by atoms with Gasteiger partial charge in [-0.3, -0.25) is 4.79 Å². The smallest absolute Gasteiger partial charge is 0.252 e. The van der Waals surface area contributed by atoms with Crippen molar-refractivity contribution in [3.05, 3.63) is 23.8 Å². The number of rotatable bonds is 1. The summed E-state index contributed by atoms with van der Waals surface area (Å²) in [6, 6.07) is 0. The van der Waals surface area contributed by atoms with E-state index in [0.29, 0.717) is 11.3 Å². The van der Waals surface area contributed by atoms with Gasteiger partial charge in [-0.25, -0.2) is 9.97 Å². The normalized spacial score (nSPS) is 9.30.